The topological polar surface area (TPSA) is 90.5 Å². The summed E-state index contributed by atoms with van der Waals surface area (Å²) in [5.74, 6) is -1.76. The summed E-state index contributed by atoms with van der Waals surface area (Å²) < 4.78 is 14.2. The largest absolute Gasteiger partial charge is 0.390 e. The zero-order valence-corrected chi connectivity index (χ0v) is 22.8. The minimum Gasteiger partial charge on any atom is -0.390 e. The Morgan fingerprint density at radius 1 is 1.19 bits per heavy atom. The van der Waals surface area contributed by atoms with E-state index in [1.165, 1.54) is 12.1 Å². The molecule has 2 aliphatic heterocycles. The minimum atomic E-state index is -1.17. The van der Waals surface area contributed by atoms with Crippen molar-refractivity contribution in [2.24, 2.45) is 5.41 Å². The van der Waals surface area contributed by atoms with Crippen molar-refractivity contribution in [2.75, 3.05) is 5.32 Å². The predicted octanol–water partition coefficient (Wildman–Crippen LogP) is 4.91. The average Bonchev–Trinajstić information content (AvgIpc) is 3.23. The third-order valence-corrected chi connectivity index (χ3v) is 8.45. The number of fused-ring (bicyclic) bond motifs is 2. The number of carbonyl (C=O) groups is 2. The summed E-state index contributed by atoms with van der Waals surface area (Å²) in [6, 6.07) is 8.32. The smallest absolute Gasteiger partial charge is 0.238 e. The first-order valence-electron chi connectivity index (χ1n) is 12.6. The van der Waals surface area contributed by atoms with E-state index in [0.29, 0.717) is 35.5 Å². The van der Waals surface area contributed by atoms with Gasteiger partial charge in [-0.3, -0.25) is 9.59 Å². The Morgan fingerprint density at radius 3 is 2.51 bits per heavy atom. The molecule has 2 aromatic rings. The number of hydrogen-bond acceptors (Lipinski definition) is 4. The van der Waals surface area contributed by atoms with Crippen LogP contribution in [0.5, 0.6) is 0 Å². The molecule has 5 rings (SSSR count). The number of benzene rings is 2. The van der Waals surface area contributed by atoms with Crippen molar-refractivity contribution in [1.82, 2.24) is 10.6 Å². The van der Waals surface area contributed by atoms with Gasteiger partial charge in [0.1, 0.15) is 11.2 Å². The van der Waals surface area contributed by atoms with Gasteiger partial charge in [-0.05, 0) is 67.0 Å². The van der Waals surface area contributed by atoms with Gasteiger partial charge in [-0.15, -0.1) is 0 Å². The fraction of sp³-hybridized carbons (Fsp3) is 0.500. The minimum absolute atomic E-state index is 0.0733. The maximum Gasteiger partial charge on any atom is 0.238 e. The third-order valence-electron chi connectivity index (χ3n) is 7.93. The van der Waals surface area contributed by atoms with Crippen molar-refractivity contribution in [1.29, 1.82) is 0 Å². The molecule has 2 fully saturated rings. The molecule has 4 atom stereocenters. The van der Waals surface area contributed by atoms with Crippen LogP contribution in [-0.4, -0.2) is 40.6 Å². The normalized spacial score (nSPS) is 32.7. The molecule has 2 aromatic carbocycles. The van der Waals surface area contributed by atoms with Crippen molar-refractivity contribution in [3.05, 3.63) is 63.4 Å². The van der Waals surface area contributed by atoms with Gasteiger partial charge in [0.2, 0.25) is 11.8 Å². The van der Waals surface area contributed by atoms with E-state index in [-0.39, 0.29) is 28.3 Å². The van der Waals surface area contributed by atoms with Crippen LogP contribution in [0.4, 0.5) is 10.1 Å². The first kappa shape index (κ1) is 26.4. The average molecular weight is 548 g/mol. The number of hydrogen-bond donors (Lipinski definition) is 4. The van der Waals surface area contributed by atoms with Gasteiger partial charge in [-0.2, -0.15) is 0 Å². The highest BCUT2D eigenvalue weighted by Crippen LogP contribution is 2.57. The Labute approximate surface area is 226 Å². The van der Waals surface area contributed by atoms with Crippen LogP contribution in [0.1, 0.15) is 64.0 Å². The number of carbonyl (C=O) groups excluding carboxylic acids is 2. The Hall–Kier alpha value is -2.19. The second kappa shape index (κ2) is 8.94. The highest BCUT2D eigenvalue weighted by atomic mass is 35.5. The number of nitrogens with one attached hydrogen (secondary N) is 3. The molecular formula is C28H32Cl2FN3O3. The monoisotopic (exact) mass is 547 g/mol. The molecule has 6 nitrogen and oxygen atoms in total. The molecule has 2 heterocycles. The SMILES string of the molecule is CC(C)(C)C[C@H]1N[C@@H](C(=O)NC2CC(C)(O)C2)[C@H](c2ccc(F)c(Cl)c2)[C@@]12C(=O)Nc1cc(Cl)ccc12. The van der Waals surface area contributed by atoms with Gasteiger partial charge < -0.3 is 21.1 Å². The van der Waals surface area contributed by atoms with Crippen molar-refractivity contribution in [3.8, 4) is 0 Å². The van der Waals surface area contributed by atoms with Crippen LogP contribution in [0.2, 0.25) is 10.0 Å². The molecule has 9 heteroatoms. The molecule has 0 bridgehead atoms. The van der Waals surface area contributed by atoms with E-state index in [1.807, 2.05) is 6.07 Å². The molecule has 3 aliphatic rings. The van der Waals surface area contributed by atoms with Crippen LogP contribution in [0.3, 0.4) is 0 Å². The molecule has 0 unspecified atom stereocenters. The van der Waals surface area contributed by atoms with Gasteiger partial charge in [0.25, 0.3) is 0 Å². The molecule has 1 saturated carbocycles. The van der Waals surface area contributed by atoms with Crippen LogP contribution >= 0.6 is 23.2 Å². The number of amides is 2. The van der Waals surface area contributed by atoms with Gasteiger partial charge in [-0.25, -0.2) is 4.39 Å². The van der Waals surface area contributed by atoms with E-state index in [9.17, 15) is 19.1 Å². The molecule has 198 valence electrons. The maximum absolute atomic E-state index is 14.2. The van der Waals surface area contributed by atoms with Crippen LogP contribution in [-0.2, 0) is 15.0 Å². The van der Waals surface area contributed by atoms with Crippen LogP contribution in [0, 0.1) is 11.2 Å². The van der Waals surface area contributed by atoms with Crippen molar-refractivity contribution in [3.63, 3.8) is 0 Å². The van der Waals surface area contributed by atoms with Crippen LogP contribution in [0.15, 0.2) is 36.4 Å². The zero-order valence-electron chi connectivity index (χ0n) is 21.3. The first-order valence-corrected chi connectivity index (χ1v) is 13.3. The molecule has 2 amide bonds. The standard InChI is InChI=1S/C28H32Cl2FN3O3/c1-26(2,3)13-21-28(17-7-6-15(29)10-20(17)33-25(28)36)22(14-5-8-19(31)18(30)9-14)23(34-21)24(35)32-16-11-27(4,37)12-16/h5-10,16,21-23,34,37H,11-13H2,1-4H3,(H,32,35)(H,33,36)/t16?,21-,22+,23-,27?,28+/m1/s1. The lowest BCUT2D eigenvalue weighted by molar-refractivity contribution is -0.127. The summed E-state index contributed by atoms with van der Waals surface area (Å²) in [7, 11) is 0. The highest BCUT2D eigenvalue weighted by Gasteiger charge is 2.66. The van der Waals surface area contributed by atoms with Gasteiger partial charge in [-0.1, -0.05) is 56.1 Å². The summed E-state index contributed by atoms with van der Waals surface area (Å²) in [6.45, 7) is 8.01. The quantitative estimate of drug-likeness (QED) is 0.437. The zero-order chi connectivity index (χ0) is 26.9. The summed E-state index contributed by atoms with van der Waals surface area (Å²) in [4.78, 5) is 27.9. The lowest BCUT2D eigenvalue weighted by Crippen LogP contribution is -2.57. The number of halogens is 3. The van der Waals surface area contributed by atoms with Crippen molar-refractivity contribution < 1.29 is 19.1 Å². The van der Waals surface area contributed by atoms with Crippen LogP contribution in [0.25, 0.3) is 0 Å². The molecular weight excluding hydrogens is 516 g/mol. The lowest BCUT2D eigenvalue weighted by atomic mass is 9.62. The molecule has 1 saturated heterocycles. The number of rotatable bonds is 4. The van der Waals surface area contributed by atoms with E-state index >= 15 is 0 Å². The Bertz CT molecular complexity index is 1270. The molecule has 37 heavy (non-hydrogen) atoms. The van der Waals surface area contributed by atoms with E-state index in [4.69, 9.17) is 23.2 Å². The van der Waals surface area contributed by atoms with Crippen molar-refractivity contribution >= 4 is 40.7 Å². The summed E-state index contributed by atoms with van der Waals surface area (Å²) in [6.07, 6.45) is 1.50. The second-order valence-electron chi connectivity index (χ2n) is 12.2. The molecule has 1 aliphatic carbocycles. The summed E-state index contributed by atoms with van der Waals surface area (Å²) in [5.41, 5.74) is -0.202. The number of anilines is 1. The van der Waals surface area contributed by atoms with Gasteiger partial charge in [0.05, 0.1) is 16.7 Å². The first-order chi connectivity index (χ1) is 17.2. The lowest BCUT2D eigenvalue weighted by Gasteiger charge is -2.42. The van der Waals surface area contributed by atoms with Crippen molar-refractivity contribution in [2.45, 2.75) is 82.0 Å². The highest BCUT2D eigenvalue weighted by molar-refractivity contribution is 6.31. The van der Waals surface area contributed by atoms with E-state index in [1.54, 1.807) is 25.1 Å². The summed E-state index contributed by atoms with van der Waals surface area (Å²) in [5, 5.41) is 20.2. The van der Waals surface area contributed by atoms with Crippen LogP contribution < -0.4 is 16.0 Å². The Kier molecular flexibility index (Phi) is 6.38. The second-order valence-corrected chi connectivity index (χ2v) is 13.1. The predicted molar refractivity (Wildman–Crippen MR) is 142 cm³/mol. The Morgan fingerprint density at radius 2 is 1.89 bits per heavy atom. The maximum atomic E-state index is 14.2. The third kappa shape index (κ3) is 4.54. The van der Waals surface area contributed by atoms with E-state index < -0.39 is 34.8 Å². The Balaban J connectivity index is 1.67. The molecule has 1 spiro atoms. The summed E-state index contributed by atoms with van der Waals surface area (Å²) >= 11 is 12.5. The van der Waals surface area contributed by atoms with Gasteiger partial charge >= 0.3 is 0 Å². The number of aliphatic hydroxyl groups is 1. The molecule has 4 N–H and O–H groups in total. The van der Waals surface area contributed by atoms with E-state index in [0.717, 1.165) is 5.56 Å². The molecule has 0 aromatic heterocycles. The fourth-order valence-electron chi connectivity index (χ4n) is 6.52. The van der Waals surface area contributed by atoms with Gasteiger partial charge in [0, 0.05) is 28.7 Å². The fourth-order valence-corrected chi connectivity index (χ4v) is 6.88. The van der Waals surface area contributed by atoms with E-state index in [2.05, 4.69) is 36.7 Å². The molecule has 0 radical (unpaired) electrons. The van der Waals surface area contributed by atoms with Gasteiger partial charge in [0.15, 0.2) is 0 Å².